The molecule has 1 aliphatic carbocycles. The zero-order chi connectivity index (χ0) is 11.6. The van der Waals surface area contributed by atoms with Crippen LogP contribution in [0.2, 0.25) is 0 Å². The first kappa shape index (κ1) is 14.0. The van der Waals surface area contributed by atoms with Crippen molar-refractivity contribution in [3.63, 3.8) is 0 Å². The Labute approximate surface area is 101 Å². The molecule has 1 saturated carbocycles. The van der Waals surface area contributed by atoms with Gasteiger partial charge in [-0.3, -0.25) is 0 Å². The fraction of sp³-hybridized carbons (Fsp3) is 1.00. The van der Waals surface area contributed by atoms with Crippen LogP contribution >= 0.6 is 0 Å². The van der Waals surface area contributed by atoms with Crippen molar-refractivity contribution in [2.75, 3.05) is 19.8 Å². The summed E-state index contributed by atoms with van der Waals surface area (Å²) in [5, 5.41) is 3.66. The predicted molar refractivity (Wildman–Crippen MR) is 69.8 cm³/mol. The van der Waals surface area contributed by atoms with E-state index in [1.165, 1.54) is 44.9 Å². The van der Waals surface area contributed by atoms with Crippen LogP contribution in [0.5, 0.6) is 0 Å². The normalized spacial score (nSPS) is 26.6. The van der Waals surface area contributed by atoms with E-state index in [0.29, 0.717) is 0 Å². The lowest BCUT2D eigenvalue weighted by molar-refractivity contribution is 0.128. The van der Waals surface area contributed by atoms with E-state index in [4.69, 9.17) is 4.74 Å². The molecule has 2 unspecified atom stereocenters. The molecule has 0 saturated heterocycles. The number of unbranched alkanes of at least 4 members (excludes halogenated alkanes) is 1. The molecule has 0 amide bonds. The third kappa shape index (κ3) is 5.86. The topological polar surface area (TPSA) is 21.3 Å². The van der Waals surface area contributed by atoms with Crippen molar-refractivity contribution >= 4 is 0 Å². The molecule has 0 aromatic carbocycles. The minimum Gasteiger partial charge on any atom is -0.380 e. The van der Waals surface area contributed by atoms with Gasteiger partial charge in [-0.05, 0) is 25.2 Å². The maximum atomic E-state index is 5.57. The first-order valence-corrected chi connectivity index (χ1v) is 7.15. The standard InChI is InChI=1S/C14H29NO/c1-3-4-11-16-12-10-15-14-9-7-5-6-8-13(14)2/h13-15H,3-12H2,1-2H3. The van der Waals surface area contributed by atoms with Crippen LogP contribution in [-0.4, -0.2) is 25.8 Å². The predicted octanol–water partition coefficient (Wildman–Crippen LogP) is 3.36. The molecule has 0 heterocycles. The smallest absolute Gasteiger partial charge is 0.0591 e. The molecule has 2 atom stereocenters. The quantitative estimate of drug-likeness (QED) is 0.532. The molecule has 0 aromatic rings. The second-order valence-corrected chi connectivity index (χ2v) is 5.14. The Morgan fingerprint density at radius 1 is 1.12 bits per heavy atom. The first-order chi connectivity index (χ1) is 7.84. The lowest BCUT2D eigenvalue weighted by Crippen LogP contribution is -2.36. The van der Waals surface area contributed by atoms with E-state index in [1.54, 1.807) is 0 Å². The Morgan fingerprint density at radius 2 is 1.94 bits per heavy atom. The van der Waals surface area contributed by atoms with Gasteiger partial charge < -0.3 is 10.1 Å². The SMILES string of the molecule is CCCCOCCNC1CCCCCC1C. The maximum Gasteiger partial charge on any atom is 0.0591 e. The van der Waals surface area contributed by atoms with E-state index in [9.17, 15) is 0 Å². The van der Waals surface area contributed by atoms with Crippen molar-refractivity contribution in [3.8, 4) is 0 Å². The minimum atomic E-state index is 0.734. The average Bonchev–Trinajstić information content (AvgIpc) is 2.49. The lowest BCUT2D eigenvalue weighted by atomic mass is 9.97. The molecule has 1 fully saturated rings. The summed E-state index contributed by atoms with van der Waals surface area (Å²) in [4.78, 5) is 0. The van der Waals surface area contributed by atoms with Gasteiger partial charge >= 0.3 is 0 Å². The number of nitrogens with one attached hydrogen (secondary N) is 1. The molecule has 1 aliphatic rings. The lowest BCUT2D eigenvalue weighted by Gasteiger charge is -2.22. The molecule has 16 heavy (non-hydrogen) atoms. The van der Waals surface area contributed by atoms with E-state index in [-0.39, 0.29) is 0 Å². The maximum absolute atomic E-state index is 5.57. The van der Waals surface area contributed by atoms with Crippen molar-refractivity contribution in [2.24, 2.45) is 5.92 Å². The molecule has 1 N–H and O–H groups in total. The molecule has 0 radical (unpaired) electrons. The van der Waals surface area contributed by atoms with Crippen molar-refractivity contribution in [2.45, 2.75) is 64.8 Å². The van der Waals surface area contributed by atoms with Crippen LogP contribution in [0.1, 0.15) is 58.8 Å². The second-order valence-electron chi connectivity index (χ2n) is 5.14. The van der Waals surface area contributed by atoms with E-state index in [1.807, 2.05) is 0 Å². The molecular formula is C14H29NO. The highest BCUT2D eigenvalue weighted by Crippen LogP contribution is 2.22. The Hall–Kier alpha value is -0.0800. The van der Waals surface area contributed by atoms with Crippen LogP contribution in [0.25, 0.3) is 0 Å². The van der Waals surface area contributed by atoms with Crippen molar-refractivity contribution < 1.29 is 4.74 Å². The molecule has 0 aliphatic heterocycles. The minimum absolute atomic E-state index is 0.734. The third-order valence-corrected chi connectivity index (χ3v) is 3.66. The molecule has 0 spiro atoms. The van der Waals surface area contributed by atoms with Crippen LogP contribution in [0.4, 0.5) is 0 Å². The van der Waals surface area contributed by atoms with Crippen molar-refractivity contribution in [1.29, 1.82) is 0 Å². The van der Waals surface area contributed by atoms with Gasteiger partial charge in [-0.2, -0.15) is 0 Å². The van der Waals surface area contributed by atoms with Crippen LogP contribution in [0.3, 0.4) is 0 Å². The highest BCUT2D eigenvalue weighted by Gasteiger charge is 2.18. The summed E-state index contributed by atoms with van der Waals surface area (Å²) < 4.78 is 5.57. The number of rotatable bonds is 7. The van der Waals surface area contributed by atoms with E-state index >= 15 is 0 Å². The Bertz CT molecular complexity index is 161. The van der Waals surface area contributed by atoms with Gasteiger partial charge in [0.05, 0.1) is 6.61 Å². The molecule has 0 aromatic heterocycles. The van der Waals surface area contributed by atoms with Crippen LogP contribution in [0, 0.1) is 5.92 Å². The summed E-state index contributed by atoms with van der Waals surface area (Å²) >= 11 is 0. The highest BCUT2D eigenvalue weighted by atomic mass is 16.5. The zero-order valence-corrected chi connectivity index (χ0v) is 11.1. The Morgan fingerprint density at radius 3 is 2.75 bits per heavy atom. The highest BCUT2D eigenvalue weighted by molar-refractivity contribution is 4.76. The third-order valence-electron chi connectivity index (χ3n) is 3.66. The van der Waals surface area contributed by atoms with Crippen LogP contribution < -0.4 is 5.32 Å². The average molecular weight is 227 g/mol. The van der Waals surface area contributed by atoms with Crippen molar-refractivity contribution in [3.05, 3.63) is 0 Å². The molecule has 96 valence electrons. The number of hydrogen-bond donors (Lipinski definition) is 1. The van der Waals surface area contributed by atoms with E-state index in [0.717, 1.165) is 31.7 Å². The van der Waals surface area contributed by atoms with Gasteiger partial charge in [0.2, 0.25) is 0 Å². The Balaban J connectivity index is 2.01. The summed E-state index contributed by atoms with van der Waals surface area (Å²) in [5.74, 6) is 0.846. The first-order valence-electron chi connectivity index (χ1n) is 7.15. The van der Waals surface area contributed by atoms with Crippen molar-refractivity contribution in [1.82, 2.24) is 5.32 Å². The second kappa shape index (κ2) is 9.00. The van der Waals surface area contributed by atoms with E-state index < -0.39 is 0 Å². The fourth-order valence-electron chi connectivity index (χ4n) is 2.46. The van der Waals surface area contributed by atoms with Gasteiger partial charge in [-0.1, -0.05) is 39.5 Å². The van der Waals surface area contributed by atoms with Gasteiger partial charge in [0, 0.05) is 19.2 Å². The van der Waals surface area contributed by atoms with Gasteiger partial charge in [0.1, 0.15) is 0 Å². The molecule has 2 nitrogen and oxygen atoms in total. The Kier molecular flexibility index (Phi) is 7.87. The zero-order valence-electron chi connectivity index (χ0n) is 11.1. The van der Waals surface area contributed by atoms with Gasteiger partial charge in [-0.25, -0.2) is 0 Å². The summed E-state index contributed by atoms with van der Waals surface area (Å²) in [6, 6.07) is 0.734. The molecule has 2 heteroatoms. The fourth-order valence-corrected chi connectivity index (χ4v) is 2.46. The summed E-state index contributed by atoms with van der Waals surface area (Å²) in [6.45, 7) is 7.43. The number of ether oxygens (including phenoxy) is 1. The molecule has 1 rings (SSSR count). The largest absolute Gasteiger partial charge is 0.380 e. The van der Waals surface area contributed by atoms with Gasteiger partial charge in [0.25, 0.3) is 0 Å². The monoisotopic (exact) mass is 227 g/mol. The van der Waals surface area contributed by atoms with Gasteiger partial charge in [-0.15, -0.1) is 0 Å². The summed E-state index contributed by atoms with van der Waals surface area (Å²) in [7, 11) is 0. The molecular weight excluding hydrogens is 198 g/mol. The summed E-state index contributed by atoms with van der Waals surface area (Å²) in [5.41, 5.74) is 0. The van der Waals surface area contributed by atoms with E-state index in [2.05, 4.69) is 19.2 Å². The number of hydrogen-bond acceptors (Lipinski definition) is 2. The molecule has 0 bridgehead atoms. The van der Waals surface area contributed by atoms with Gasteiger partial charge in [0.15, 0.2) is 0 Å². The van der Waals surface area contributed by atoms with Crippen LogP contribution in [0.15, 0.2) is 0 Å². The van der Waals surface area contributed by atoms with Crippen LogP contribution in [-0.2, 0) is 4.74 Å². The summed E-state index contributed by atoms with van der Waals surface area (Å²) in [6.07, 6.45) is 9.43.